The van der Waals surface area contributed by atoms with Crippen LogP contribution in [0.5, 0.6) is 0 Å². The molecule has 5 heteroatoms. The van der Waals surface area contributed by atoms with E-state index in [1.54, 1.807) is 13.8 Å². The molecule has 1 heterocycles. The molecule has 2 rings (SSSR count). The number of nitrogens with zero attached hydrogens (tertiary/aromatic N) is 1. The van der Waals surface area contributed by atoms with Crippen molar-refractivity contribution in [2.75, 3.05) is 18.8 Å². The molecule has 1 aromatic carbocycles. The summed E-state index contributed by atoms with van der Waals surface area (Å²) in [5, 5.41) is 0.413. The summed E-state index contributed by atoms with van der Waals surface area (Å²) >= 11 is 1.88. The minimum Gasteiger partial charge on any atom is -0.450 e. The lowest BCUT2D eigenvalue weighted by Crippen LogP contribution is -2.48. The van der Waals surface area contributed by atoms with E-state index < -0.39 is 11.6 Å². The largest absolute Gasteiger partial charge is 0.450 e. The maximum atomic E-state index is 12.6. The van der Waals surface area contributed by atoms with Gasteiger partial charge in [0.05, 0.1) is 0 Å². The molecule has 1 aliphatic heterocycles. The van der Waals surface area contributed by atoms with Gasteiger partial charge in [-0.15, -0.1) is 0 Å². The van der Waals surface area contributed by atoms with Crippen LogP contribution in [-0.4, -0.2) is 41.2 Å². The Morgan fingerprint density at radius 2 is 1.91 bits per heavy atom. The highest BCUT2D eigenvalue weighted by atomic mass is 32.2. The summed E-state index contributed by atoms with van der Waals surface area (Å²) in [5.41, 5.74) is 0.212. The van der Waals surface area contributed by atoms with E-state index in [2.05, 4.69) is 12.1 Å². The molecule has 0 spiro atoms. The molecular weight excluding hydrogens is 298 g/mol. The number of carbonyl (C=O) groups is 2. The van der Waals surface area contributed by atoms with Gasteiger partial charge in [-0.25, -0.2) is 0 Å². The molecule has 1 atom stereocenters. The van der Waals surface area contributed by atoms with Crippen molar-refractivity contribution in [1.29, 1.82) is 0 Å². The van der Waals surface area contributed by atoms with Crippen LogP contribution in [0.15, 0.2) is 30.3 Å². The van der Waals surface area contributed by atoms with Gasteiger partial charge in [0.2, 0.25) is 0 Å². The average molecular weight is 321 g/mol. The van der Waals surface area contributed by atoms with Crippen molar-refractivity contribution in [2.45, 2.75) is 38.0 Å². The molecule has 0 bridgehead atoms. The first-order chi connectivity index (χ1) is 10.4. The summed E-state index contributed by atoms with van der Waals surface area (Å²) in [6, 6.07) is 10.4. The summed E-state index contributed by atoms with van der Waals surface area (Å²) < 4.78 is 5.17. The zero-order valence-corrected chi connectivity index (χ0v) is 14.2. The molecule has 0 radical (unpaired) electrons. The fourth-order valence-electron chi connectivity index (χ4n) is 2.69. The number of esters is 1. The van der Waals surface area contributed by atoms with E-state index in [0.29, 0.717) is 18.3 Å². The number of carbonyl (C=O) groups excluding carboxylic acids is 2. The molecular formula is C17H23NO3S. The fourth-order valence-corrected chi connectivity index (χ4v) is 3.92. The van der Waals surface area contributed by atoms with Crippen LogP contribution in [0.1, 0.15) is 38.0 Å². The number of amides is 1. The molecule has 4 nitrogen and oxygen atoms in total. The molecule has 1 saturated heterocycles. The van der Waals surface area contributed by atoms with E-state index in [-0.39, 0.29) is 5.91 Å². The SMILES string of the molecule is CC(=O)OC(C)(C)C(=O)N1CCSC(c2ccccc2)CC1. The highest BCUT2D eigenvalue weighted by molar-refractivity contribution is 7.99. The van der Waals surface area contributed by atoms with E-state index in [0.717, 1.165) is 12.2 Å². The topological polar surface area (TPSA) is 46.6 Å². The average Bonchev–Trinajstić information content (AvgIpc) is 2.72. The van der Waals surface area contributed by atoms with Gasteiger partial charge in [-0.1, -0.05) is 30.3 Å². The first kappa shape index (κ1) is 16.9. The van der Waals surface area contributed by atoms with Crippen LogP contribution in [-0.2, 0) is 14.3 Å². The summed E-state index contributed by atoms with van der Waals surface area (Å²) in [5.74, 6) is 0.350. The van der Waals surface area contributed by atoms with Gasteiger partial charge in [0.1, 0.15) is 0 Å². The second-order valence-corrected chi connectivity index (χ2v) is 7.27. The zero-order valence-electron chi connectivity index (χ0n) is 13.4. The van der Waals surface area contributed by atoms with Crippen LogP contribution in [0.3, 0.4) is 0 Å². The lowest BCUT2D eigenvalue weighted by Gasteiger charge is -2.30. The first-order valence-electron chi connectivity index (χ1n) is 7.55. The quantitative estimate of drug-likeness (QED) is 0.803. The van der Waals surface area contributed by atoms with Crippen molar-refractivity contribution in [3.05, 3.63) is 35.9 Å². The van der Waals surface area contributed by atoms with Crippen molar-refractivity contribution in [3.8, 4) is 0 Å². The van der Waals surface area contributed by atoms with Crippen LogP contribution in [0.25, 0.3) is 0 Å². The van der Waals surface area contributed by atoms with Gasteiger partial charge in [-0.05, 0) is 25.8 Å². The van der Waals surface area contributed by atoms with Gasteiger partial charge in [0.15, 0.2) is 5.60 Å². The van der Waals surface area contributed by atoms with Gasteiger partial charge in [0, 0.05) is 31.0 Å². The van der Waals surface area contributed by atoms with Crippen molar-refractivity contribution >= 4 is 23.6 Å². The van der Waals surface area contributed by atoms with Crippen molar-refractivity contribution in [3.63, 3.8) is 0 Å². The second kappa shape index (κ2) is 7.18. The molecule has 0 aromatic heterocycles. The fraction of sp³-hybridized carbons (Fsp3) is 0.529. The van der Waals surface area contributed by atoms with Crippen molar-refractivity contribution < 1.29 is 14.3 Å². The minimum atomic E-state index is -1.09. The van der Waals surface area contributed by atoms with Gasteiger partial charge < -0.3 is 9.64 Å². The Hall–Kier alpha value is -1.49. The Morgan fingerprint density at radius 3 is 2.55 bits per heavy atom. The number of benzene rings is 1. The van der Waals surface area contributed by atoms with E-state index in [9.17, 15) is 9.59 Å². The van der Waals surface area contributed by atoms with Crippen molar-refractivity contribution in [1.82, 2.24) is 4.90 Å². The molecule has 0 aliphatic carbocycles. The Bertz CT molecular complexity index is 530. The van der Waals surface area contributed by atoms with E-state index in [1.807, 2.05) is 34.9 Å². The maximum Gasteiger partial charge on any atom is 0.303 e. The molecule has 1 aliphatic rings. The van der Waals surface area contributed by atoms with Gasteiger partial charge in [-0.2, -0.15) is 11.8 Å². The molecule has 1 unspecified atom stereocenters. The second-order valence-electron chi connectivity index (χ2n) is 5.95. The van der Waals surface area contributed by atoms with Crippen LogP contribution >= 0.6 is 11.8 Å². The number of hydrogen-bond donors (Lipinski definition) is 0. The Kier molecular flexibility index (Phi) is 5.51. The molecule has 0 N–H and O–H groups in total. The standard InChI is InChI=1S/C17H23NO3S/c1-13(19)21-17(2,3)16(20)18-10-9-15(22-12-11-18)14-7-5-4-6-8-14/h4-8,15H,9-12H2,1-3H3. The Morgan fingerprint density at radius 1 is 1.23 bits per heavy atom. The molecule has 0 saturated carbocycles. The monoisotopic (exact) mass is 321 g/mol. The third-order valence-corrected chi connectivity index (χ3v) is 5.04. The van der Waals surface area contributed by atoms with Gasteiger partial charge in [0.25, 0.3) is 5.91 Å². The normalized spacial score (nSPS) is 19.4. The van der Waals surface area contributed by atoms with E-state index in [4.69, 9.17) is 4.74 Å². The van der Waals surface area contributed by atoms with E-state index >= 15 is 0 Å². The molecule has 120 valence electrons. The number of ether oxygens (including phenoxy) is 1. The highest BCUT2D eigenvalue weighted by Crippen LogP contribution is 2.34. The van der Waals surface area contributed by atoms with Gasteiger partial charge in [-0.3, -0.25) is 9.59 Å². The number of hydrogen-bond acceptors (Lipinski definition) is 4. The Balaban J connectivity index is 2.01. The van der Waals surface area contributed by atoms with Gasteiger partial charge >= 0.3 is 5.97 Å². The minimum absolute atomic E-state index is 0.114. The summed E-state index contributed by atoms with van der Waals surface area (Å²) in [7, 11) is 0. The lowest BCUT2D eigenvalue weighted by molar-refractivity contribution is -0.168. The number of rotatable bonds is 3. The van der Waals surface area contributed by atoms with Crippen LogP contribution in [0.4, 0.5) is 0 Å². The third-order valence-electron chi connectivity index (χ3n) is 3.71. The van der Waals surface area contributed by atoms with Crippen LogP contribution in [0, 0.1) is 0 Å². The van der Waals surface area contributed by atoms with Crippen LogP contribution < -0.4 is 0 Å². The maximum absolute atomic E-state index is 12.6. The number of thioether (sulfide) groups is 1. The summed E-state index contributed by atoms with van der Waals surface area (Å²) in [6.45, 7) is 6.03. The highest BCUT2D eigenvalue weighted by Gasteiger charge is 2.36. The molecule has 1 fully saturated rings. The molecule has 22 heavy (non-hydrogen) atoms. The molecule has 1 amide bonds. The first-order valence-corrected chi connectivity index (χ1v) is 8.60. The predicted octanol–water partition coefficient (Wildman–Crippen LogP) is 3.03. The summed E-state index contributed by atoms with van der Waals surface area (Å²) in [4.78, 5) is 25.6. The predicted molar refractivity (Wildman–Crippen MR) is 88.7 cm³/mol. The third kappa shape index (κ3) is 4.26. The van der Waals surface area contributed by atoms with Crippen molar-refractivity contribution in [2.24, 2.45) is 0 Å². The van der Waals surface area contributed by atoms with E-state index in [1.165, 1.54) is 12.5 Å². The molecule has 1 aromatic rings. The smallest absolute Gasteiger partial charge is 0.303 e. The zero-order chi connectivity index (χ0) is 16.2. The van der Waals surface area contributed by atoms with Crippen LogP contribution in [0.2, 0.25) is 0 Å². The Labute approximate surface area is 136 Å². The summed E-state index contributed by atoms with van der Waals surface area (Å²) in [6.07, 6.45) is 0.913. The lowest BCUT2D eigenvalue weighted by atomic mass is 10.1.